The van der Waals surface area contributed by atoms with E-state index in [-0.39, 0.29) is 0 Å². The maximum absolute atomic E-state index is 4.83. The smallest absolute Gasteiger partial charge is 0.0740 e. The second-order valence-electron chi connectivity index (χ2n) is 5.27. The molecule has 100 valence electrons. The third-order valence-electron chi connectivity index (χ3n) is 3.99. The molecule has 0 saturated heterocycles. The van der Waals surface area contributed by atoms with Crippen LogP contribution in [0.4, 0.5) is 0 Å². The molecule has 1 heterocycles. The molecular formula is C19H19N. The summed E-state index contributed by atoms with van der Waals surface area (Å²) in [6.07, 6.45) is 1.07. The first-order chi connectivity index (χ1) is 9.70. The first-order valence-electron chi connectivity index (χ1n) is 7.16. The van der Waals surface area contributed by atoms with Gasteiger partial charge in [0.1, 0.15) is 0 Å². The molecule has 0 radical (unpaired) electrons. The summed E-state index contributed by atoms with van der Waals surface area (Å²) >= 11 is 0. The van der Waals surface area contributed by atoms with Gasteiger partial charge in [0, 0.05) is 16.6 Å². The van der Waals surface area contributed by atoms with Crippen LogP contribution in [0.3, 0.4) is 0 Å². The Labute approximate surface area is 120 Å². The SMILES string of the molecule is CCc1ccc(-c2nc(C)c3ccccc3c2C)cc1. The summed E-state index contributed by atoms with van der Waals surface area (Å²) in [6.45, 7) is 6.43. The van der Waals surface area contributed by atoms with Crippen LogP contribution in [-0.2, 0) is 6.42 Å². The van der Waals surface area contributed by atoms with Gasteiger partial charge in [-0.15, -0.1) is 0 Å². The van der Waals surface area contributed by atoms with Gasteiger partial charge in [-0.2, -0.15) is 0 Å². The van der Waals surface area contributed by atoms with Gasteiger partial charge in [0.05, 0.1) is 5.69 Å². The highest BCUT2D eigenvalue weighted by molar-refractivity contribution is 5.91. The molecule has 20 heavy (non-hydrogen) atoms. The lowest BCUT2D eigenvalue weighted by molar-refractivity contribution is 1.14. The Kier molecular flexibility index (Phi) is 3.27. The summed E-state index contributed by atoms with van der Waals surface area (Å²) in [5.74, 6) is 0. The molecule has 0 spiro atoms. The van der Waals surface area contributed by atoms with Crippen LogP contribution in [0.15, 0.2) is 48.5 Å². The Bertz CT molecular complexity index is 755. The predicted molar refractivity (Wildman–Crippen MR) is 86.0 cm³/mol. The first-order valence-corrected chi connectivity index (χ1v) is 7.16. The maximum Gasteiger partial charge on any atom is 0.0740 e. The van der Waals surface area contributed by atoms with Gasteiger partial charge in [-0.1, -0.05) is 55.5 Å². The van der Waals surface area contributed by atoms with E-state index in [2.05, 4.69) is 69.3 Å². The second kappa shape index (κ2) is 5.09. The lowest BCUT2D eigenvalue weighted by Crippen LogP contribution is -1.94. The summed E-state index contributed by atoms with van der Waals surface area (Å²) in [4.78, 5) is 4.83. The topological polar surface area (TPSA) is 12.9 Å². The first kappa shape index (κ1) is 12.9. The molecule has 0 bridgehead atoms. The molecule has 0 N–H and O–H groups in total. The number of rotatable bonds is 2. The number of pyridine rings is 1. The van der Waals surface area contributed by atoms with Gasteiger partial charge in [-0.25, -0.2) is 0 Å². The van der Waals surface area contributed by atoms with Crippen molar-refractivity contribution in [2.75, 3.05) is 0 Å². The van der Waals surface area contributed by atoms with Crippen LogP contribution in [0.25, 0.3) is 22.0 Å². The zero-order valence-corrected chi connectivity index (χ0v) is 12.3. The lowest BCUT2D eigenvalue weighted by Gasteiger charge is -2.12. The van der Waals surface area contributed by atoms with Crippen LogP contribution < -0.4 is 0 Å². The van der Waals surface area contributed by atoms with Gasteiger partial charge in [0.2, 0.25) is 0 Å². The van der Waals surface area contributed by atoms with Crippen molar-refractivity contribution in [3.63, 3.8) is 0 Å². The van der Waals surface area contributed by atoms with Crippen LogP contribution >= 0.6 is 0 Å². The molecule has 0 fully saturated rings. The van der Waals surface area contributed by atoms with E-state index < -0.39 is 0 Å². The van der Waals surface area contributed by atoms with E-state index in [1.54, 1.807) is 0 Å². The molecule has 0 aliphatic heterocycles. The largest absolute Gasteiger partial charge is 0.252 e. The summed E-state index contributed by atoms with van der Waals surface area (Å²) in [6, 6.07) is 17.3. The Balaban J connectivity index is 2.22. The van der Waals surface area contributed by atoms with E-state index in [1.165, 1.54) is 27.5 Å². The highest BCUT2D eigenvalue weighted by atomic mass is 14.7. The zero-order chi connectivity index (χ0) is 14.1. The van der Waals surface area contributed by atoms with Crippen molar-refractivity contribution in [3.05, 3.63) is 65.4 Å². The van der Waals surface area contributed by atoms with E-state index in [0.29, 0.717) is 0 Å². The van der Waals surface area contributed by atoms with Crippen LogP contribution in [-0.4, -0.2) is 4.98 Å². The Hall–Kier alpha value is -2.15. The molecule has 2 aromatic carbocycles. The van der Waals surface area contributed by atoms with Crippen LogP contribution in [0.1, 0.15) is 23.7 Å². The number of aryl methyl sites for hydroxylation is 3. The molecule has 3 aromatic rings. The molecule has 0 aliphatic carbocycles. The average molecular weight is 261 g/mol. The fourth-order valence-corrected chi connectivity index (χ4v) is 2.74. The van der Waals surface area contributed by atoms with Crippen molar-refractivity contribution >= 4 is 10.8 Å². The maximum atomic E-state index is 4.83. The van der Waals surface area contributed by atoms with Crippen molar-refractivity contribution in [3.8, 4) is 11.3 Å². The minimum atomic E-state index is 1.07. The number of fused-ring (bicyclic) bond motifs is 1. The molecule has 0 saturated carbocycles. The minimum absolute atomic E-state index is 1.07. The third-order valence-corrected chi connectivity index (χ3v) is 3.99. The highest BCUT2D eigenvalue weighted by Gasteiger charge is 2.09. The zero-order valence-electron chi connectivity index (χ0n) is 12.3. The fraction of sp³-hybridized carbons (Fsp3) is 0.211. The van der Waals surface area contributed by atoms with E-state index in [9.17, 15) is 0 Å². The summed E-state index contributed by atoms with van der Waals surface area (Å²) in [5, 5.41) is 2.55. The standard InChI is InChI=1S/C19H19N/c1-4-15-9-11-16(12-10-15)19-13(2)17-7-5-6-8-18(17)14(3)20-19/h5-12H,4H2,1-3H3. The van der Waals surface area contributed by atoms with Crippen molar-refractivity contribution < 1.29 is 0 Å². The van der Waals surface area contributed by atoms with Gasteiger partial charge in [-0.05, 0) is 36.8 Å². The minimum Gasteiger partial charge on any atom is -0.252 e. The molecule has 3 rings (SSSR count). The Morgan fingerprint density at radius 2 is 1.50 bits per heavy atom. The fourth-order valence-electron chi connectivity index (χ4n) is 2.74. The molecule has 0 atom stereocenters. The number of benzene rings is 2. The summed E-state index contributed by atoms with van der Waals surface area (Å²) < 4.78 is 0. The second-order valence-corrected chi connectivity index (χ2v) is 5.27. The van der Waals surface area contributed by atoms with Crippen molar-refractivity contribution in [1.29, 1.82) is 0 Å². The molecule has 1 aromatic heterocycles. The van der Waals surface area contributed by atoms with Gasteiger partial charge in [0.15, 0.2) is 0 Å². The van der Waals surface area contributed by atoms with Gasteiger partial charge in [-0.3, -0.25) is 4.98 Å². The van der Waals surface area contributed by atoms with Crippen LogP contribution in [0.5, 0.6) is 0 Å². The highest BCUT2D eigenvalue weighted by Crippen LogP contribution is 2.29. The summed E-state index contributed by atoms with van der Waals surface area (Å²) in [7, 11) is 0. The van der Waals surface area contributed by atoms with Gasteiger partial charge < -0.3 is 0 Å². The predicted octanol–water partition coefficient (Wildman–Crippen LogP) is 5.08. The third kappa shape index (κ3) is 2.09. The number of hydrogen-bond acceptors (Lipinski definition) is 1. The summed E-state index contributed by atoms with van der Waals surface area (Å²) in [5.41, 5.74) is 6.03. The van der Waals surface area contributed by atoms with Crippen molar-refractivity contribution in [2.45, 2.75) is 27.2 Å². The monoisotopic (exact) mass is 261 g/mol. The quantitative estimate of drug-likeness (QED) is 0.626. The molecule has 0 unspecified atom stereocenters. The number of aromatic nitrogens is 1. The van der Waals surface area contributed by atoms with E-state index >= 15 is 0 Å². The van der Waals surface area contributed by atoms with E-state index in [1.807, 2.05) is 0 Å². The molecule has 0 amide bonds. The number of nitrogens with zero attached hydrogens (tertiary/aromatic N) is 1. The Morgan fingerprint density at radius 1 is 0.850 bits per heavy atom. The van der Waals surface area contributed by atoms with Crippen LogP contribution in [0, 0.1) is 13.8 Å². The normalized spacial score (nSPS) is 10.9. The molecule has 0 aliphatic rings. The van der Waals surface area contributed by atoms with Crippen LogP contribution in [0.2, 0.25) is 0 Å². The molecular weight excluding hydrogens is 242 g/mol. The van der Waals surface area contributed by atoms with Crippen molar-refractivity contribution in [1.82, 2.24) is 4.98 Å². The van der Waals surface area contributed by atoms with Gasteiger partial charge >= 0.3 is 0 Å². The Morgan fingerprint density at radius 3 is 2.15 bits per heavy atom. The number of hydrogen-bond donors (Lipinski definition) is 0. The molecule has 1 nitrogen and oxygen atoms in total. The van der Waals surface area contributed by atoms with E-state index in [0.717, 1.165) is 17.8 Å². The molecule has 1 heteroatoms. The lowest BCUT2D eigenvalue weighted by atomic mass is 9.98. The average Bonchev–Trinajstić information content (AvgIpc) is 2.51. The van der Waals surface area contributed by atoms with E-state index in [4.69, 9.17) is 4.98 Å². The van der Waals surface area contributed by atoms with Gasteiger partial charge in [0.25, 0.3) is 0 Å². The van der Waals surface area contributed by atoms with Crippen molar-refractivity contribution in [2.24, 2.45) is 0 Å².